The van der Waals surface area contributed by atoms with Crippen LogP contribution >= 0.6 is 0 Å². The van der Waals surface area contributed by atoms with Gasteiger partial charge in [-0.15, -0.1) is 6.58 Å². The molecular formula is C16H15N3. The molecule has 1 unspecified atom stereocenters. The summed E-state index contributed by atoms with van der Waals surface area (Å²) in [6.45, 7) is 3.85. The molecule has 1 atom stereocenters. The Morgan fingerprint density at radius 1 is 1.32 bits per heavy atom. The van der Waals surface area contributed by atoms with Gasteiger partial charge in [0.25, 0.3) is 0 Å². The van der Waals surface area contributed by atoms with Gasteiger partial charge in [-0.2, -0.15) is 10.5 Å². The smallest absolute Gasteiger partial charge is 0.134 e. The van der Waals surface area contributed by atoms with E-state index in [1.807, 2.05) is 37.4 Å². The topological polar surface area (TPSA) is 52.5 Å². The lowest BCUT2D eigenvalue weighted by Crippen LogP contribution is -2.02. The molecule has 0 saturated carbocycles. The second kappa shape index (κ2) is 5.42. The van der Waals surface area contributed by atoms with E-state index in [4.69, 9.17) is 10.5 Å². The van der Waals surface area contributed by atoms with Gasteiger partial charge in [-0.05, 0) is 18.1 Å². The molecule has 0 aliphatic heterocycles. The molecule has 2 aromatic rings. The van der Waals surface area contributed by atoms with E-state index in [2.05, 4.69) is 29.5 Å². The Balaban J connectivity index is 2.45. The van der Waals surface area contributed by atoms with Crippen LogP contribution in [0, 0.1) is 28.6 Å². The average Bonchev–Trinajstić information content (AvgIpc) is 2.78. The molecule has 19 heavy (non-hydrogen) atoms. The minimum atomic E-state index is -0.595. The molecule has 0 radical (unpaired) electrons. The fraction of sp³-hybridized carbons (Fsp3) is 0.250. The summed E-state index contributed by atoms with van der Waals surface area (Å²) in [7, 11) is 2.00. The third kappa shape index (κ3) is 2.37. The highest BCUT2D eigenvalue weighted by atomic mass is 14.9. The number of nitrogens with zero attached hydrogens (tertiary/aromatic N) is 3. The largest absolute Gasteiger partial charge is 0.350 e. The number of rotatable bonds is 4. The van der Waals surface area contributed by atoms with Crippen molar-refractivity contribution in [1.82, 2.24) is 4.57 Å². The summed E-state index contributed by atoms with van der Waals surface area (Å²) >= 11 is 0. The van der Waals surface area contributed by atoms with Crippen LogP contribution in [0.2, 0.25) is 0 Å². The van der Waals surface area contributed by atoms with Crippen LogP contribution in [0.15, 0.2) is 43.1 Å². The zero-order valence-corrected chi connectivity index (χ0v) is 10.9. The van der Waals surface area contributed by atoms with Crippen molar-refractivity contribution in [2.24, 2.45) is 13.0 Å². The summed E-state index contributed by atoms with van der Waals surface area (Å²) in [5.41, 5.74) is 2.28. The number of nitriles is 2. The van der Waals surface area contributed by atoms with Crippen LogP contribution in [-0.2, 0) is 7.05 Å². The molecule has 94 valence electrons. The molecule has 0 saturated heterocycles. The van der Waals surface area contributed by atoms with Crippen molar-refractivity contribution in [3.8, 4) is 12.1 Å². The maximum Gasteiger partial charge on any atom is 0.134 e. The van der Waals surface area contributed by atoms with Gasteiger partial charge >= 0.3 is 0 Å². The van der Waals surface area contributed by atoms with Crippen molar-refractivity contribution in [3.05, 3.63) is 48.7 Å². The molecule has 0 aliphatic carbocycles. The van der Waals surface area contributed by atoms with Crippen LogP contribution in [0.3, 0.4) is 0 Å². The van der Waals surface area contributed by atoms with E-state index in [0.29, 0.717) is 6.42 Å². The lowest BCUT2D eigenvalue weighted by atomic mass is 9.90. The molecule has 1 aromatic heterocycles. The zero-order valence-electron chi connectivity index (χ0n) is 10.9. The number of fused-ring (bicyclic) bond motifs is 1. The van der Waals surface area contributed by atoms with Gasteiger partial charge in [0, 0.05) is 30.1 Å². The SMILES string of the molecule is C=CC(CC(C#N)C#N)c1cn(C)c2ccccc12. The molecule has 3 heteroatoms. The van der Waals surface area contributed by atoms with Gasteiger partial charge in [0.05, 0.1) is 12.1 Å². The van der Waals surface area contributed by atoms with Crippen LogP contribution in [0.25, 0.3) is 10.9 Å². The van der Waals surface area contributed by atoms with Crippen molar-refractivity contribution >= 4 is 10.9 Å². The van der Waals surface area contributed by atoms with Crippen LogP contribution in [0.4, 0.5) is 0 Å². The third-order valence-corrected chi connectivity index (χ3v) is 3.41. The number of allylic oxidation sites excluding steroid dienone is 1. The standard InChI is InChI=1S/C16H15N3/c1-3-13(8-12(9-17)10-18)15-11-19(2)16-7-5-4-6-14(15)16/h3-7,11-13H,1,8H2,2H3. The number of aryl methyl sites for hydroxylation is 1. The highest BCUT2D eigenvalue weighted by Gasteiger charge is 2.18. The fourth-order valence-electron chi connectivity index (χ4n) is 2.41. The predicted molar refractivity (Wildman–Crippen MR) is 75.2 cm³/mol. The van der Waals surface area contributed by atoms with Gasteiger partial charge in [-0.1, -0.05) is 24.3 Å². The third-order valence-electron chi connectivity index (χ3n) is 3.41. The first-order valence-corrected chi connectivity index (χ1v) is 6.17. The zero-order chi connectivity index (χ0) is 13.8. The molecule has 0 fully saturated rings. The Bertz CT molecular complexity index is 668. The highest BCUT2D eigenvalue weighted by molar-refractivity contribution is 5.84. The Morgan fingerprint density at radius 3 is 2.63 bits per heavy atom. The summed E-state index contributed by atoms with van der Waals surface area (Å²) in [5, 5.41) is 19.0. The number of aromatic nitrogens is 1. The highest BCUT2D eigenvalue weighted by Crippen LogP contribution is 2.31. The molecule has 0 amide bonds. The number of benzene rings is 1. The van der Waals surface area contributed by atoms with Crippen molar-refractivity contribution in [2.75, 3.05) is 0 Å². The molecule has 2 rings (SSSR count). The Hall–Kier alpha value is -2.52. The Morgan fingerprint density at radius 2 is 2.00 bits per heavy atom. The summed E-state index contributed by atoms with van der Waals surface area (Å²) in [4.78, 5) is 0. The fourth-order valence-corrected chi connectivity index (χ4v) is 2.41. The van der Waals surface area contributed by atoms with E-state index < -0.39 is 5.92 Å². The lowest BCUT2D eigenvalue weighted by molar-refractivity contribution is 0.670. The van der Waals surface area contributed by atoms with Crippen LogP contribution in [0.1, 0.15) is 17.9 Å². The Labute approximate surface area is 113 Å². The average molecular weight is 249 g/mol. The minimum Gasteiger partial charge on any atom is -0.350 e. The number of hydrogen-bond acceptors (Lipinski definition) is 2. The van der Waals surface area contributed by atoms with Crippen molar-refractivity contribution in [2.45, 2.75) is 12.3 Å². The first kappa shape index (κ1) is 12.9. The molecular weight excluding hydrogens is 234 g/mol. The van der Waals surface area contributed by atoms with Crippen LogP contribution < -0.4 is 0 Å². The van der Waals surface area contributed by atoms with Crippen LogP contribution in [-0.4, -0.2) is 4.57 Å². The van der Waals surface area contributed by atoms with Gasteiger partial charge in [-0.25, -0.2) is 0 Å². The van der Waals surface area contributed by atoms with E-state index in [-0.39, 0.29) is 5.92 Å². The van der Waals surface area contributed by atoms with Crippen molar-refractivity contribution in [1.29, 1.82) is 10.5 Å². The minimum absolute atomic E-state index is 0.0235. The molecule has 1 aromatic carbocycles. The molecule has 1 heterocycles. The summed E-state index contributed by atoms with van der Waals surface area (Å²) in [6, 6.07) is 12.2. The summed E-state index contributed by atoms with van der Waals surface area (Å²) in [5.74, 6) is -0.572. The van der Waals surface area contributed by atoms with E-state index >= 15 is 0 Å². The van der Waals surface area contributed by atoms with E-state index in [1.165, 1.54) is 0 Å². The summed E-state index contributed by atoms with van der Waals surface area (Å²) < 4.78 is 2.06. The Kier molecular flexibility index (Phi) is 3.68. The number of para-hydroxylation sites is 1. The van der Waals surface area contributed by atoms with Gasteiger partial charge < -0.3 is 4.57 Å². The van der Waals surface area contributed by atoms with Gasteiger partial charge in [0.2, 0.25) is 0 Å². The maximum absolute atomic E-state index is 8.92. The van der Waals surface area contributed by atoms with Gasteiger partial charge in [0.15, 0.2) is 0 Å². The number of hydrogen-bond donors (Lipinski definition) is 0. The van der Waals surface area contributed by atoms with E-state index in [9.17, 15) is 0 Å². The van der Waals surface area contributed by atoms with Gasteiger partial charge in [-0.3, -0.25) is 0 Å². The molecule has 0 spiro atoms. The predicted octanol–water partition coefficient (Wildman–Crippen LogP) is 3.50. The quantitative estimate of drug-likeness (QED) is 0.779. The van der Waals surface area contributed by atoms with E-state index in [0.717, 1.165) is 16.5 Å². The first-order chi connectivity index (χ1) is 9.21. The first-order valence-electron chi connectivity index (χ1n) is 6.17. The second-order valence-corrected chi connectivity index (χ2v) is 4.60. The molecule has 3 nitrogen and oxygen atoms in total. The second-order valence-electron chi connectivity index (χ2n) is 4.60. The van der Waals surface area contributed by atoms with E-state index in [1.54, 1.807) is 0 Å². The molecule has 0 bridgehead atoms. The summed E-state index contributed by atoms with van der Waals surface area (Å²) in [6.07, 6.45) is 4.37. The van der Waals surface area contributed by atoms with Crippen LogP contribution in [0.5, 0.6) is 0 Å². The van der Waals surface area contributed by atoms with Crippen molar-refractivity contribution in [3.63, 3.8) is 0 Å². The van der Waals surface area contributed by atoms with Crippen molar-refractivity contribution < 1.29 is 0 Å². The maximum atomic E-state index is 8.92. The molecule has 0 aliphatic rings. The van der Waals surface area contributed by atoms with Gasteiger partial charge in [0.1, 0.15) is 5.92 Å². The lowest BCUT2D eigenvalue weighted by Gasteiger charge is -2.11. The normalized spacial score (nSPS) is 12.0. The monoisotopic (exact) mass is 249 g/mol. The molecule has 0 N–H and O–H groups in total.